The highest BCUT2D eigenvalue weighted by Gasteiger charge is 2.31. The molecule has 0 saturated carbocycles. The van der Waals surface area contributed by atoms with Crippen molar-refractivity contribution in [2.75, 3.05) is 4.90 Å². The largest absolute Gasteiger partial charge is 0.457 e. The van der Waals surface area contributed by atoms with Crippen molar-refractivity contribution in [1.29, 1.82) is 0 Å². The van der Waals surface area contributed by atoms with E-state index in [0.717, 1.165) is 17.0 Å². The van der Waals surface area contributed by atoms with E-state index in [9.17, 15) is 27.6 Å². The zero-order valence-electron chi connectivity index (χ0n) is 14.0. The van der Waals surface area contributed by atoms with Crippen molar-refractivity contribution in [1.82, 2.24) is 0 Å². The summed E-state index contributed by atoms with van der Waals surface area (Å²) in [5, 5.41) is 0. The Morgan fingerprint density at radius 3 is 2.00 bits per heavy atom. The van der Waals surface area contributed by atoms with Gasteiger partial charge in [-0.1, -0.05) is 12.1 Å². The summed E-state index contributed by atoms with van der Waals surface area (Å²) in [7, 11) is 0. The number of imide groups is 1. The summed E-state index contributed by atoms with van der Waals surface area (Å²) in [6.07, 6.45) is -4.10. The number of carbonyl (C=O) groups excluding carboxylic acids is 3. The molecule has 0 atom stereocenters. The van der Waals surface area contributed by atoms with Crippen molar-refractivity contribution in [3.63, 3.8) is 0 Å². The quantitative estimate of drug-likeness (QED) is 0.602. The van der Waals surface area contributed by atoms with Crippen LogP contribution in [0.3, 0.4) is 0 Å². The van der Waals surface area contributed by atoms with E-state index >= 15 is 0 Å². The van der Waals surface area contributed by atoms with Crippen molar-refractivity contribution in [3.8, 4) is 0 Å². The van der Waals surface area contributed by atoms with Crippen molar-refractivity contribution in [2.45, 2.75) is 25.6 Å². The Labute approximate surface area is 152 Å². The van der Waals surface area contributed by atoms with Gasteiger partial charge in [0.1, 0.15) is 6.61 Å². The molecule has 27 heavy (non-hydrogen) atoms. The summed E-state index contributed by atoms with van der Waals surface area (Å²) in [6.45, 7) is -0.179. The van der Waals surface area contributed by atoms with Gasteiger partial charge in [-0.3, -0.25) is 14.5 Å². The molecule has 3 rings (SSSR count). The van der Waals surface area contributed by atoms with Gasteiger partial charge in [-0.05, 0) is 42.0 Å². The van der Waals surface area contributed by atoms with Crippen LogP contribution in [-0.2, 0) is 27.1 Å². The van der Waals surface area contributed by atoms with Crippen LogP contribution in [0, 0.1) is 0 Å². The molecule has 0 radical (unpaired) electrons. The lowest BCUT2D eigenvalue weighted by Gasteiger charge is -2.14. The van der Waals surface area contributed by atoms with Crippen molar-refractivity contribution >= 4 is 23.5 Å². The van der Waals surface area contributed by atoms with Crippen molar-refractivity contribution in [2.24, 2.45) is 0 Å². The number of benzene rings is 2. The number of hydrogen-bond acceptors (Lipinski definition) is 4. The van der Waals surface area contributed by atoms with E-state index in [4.69, 9.17) is 4.74 Å². The Hall–Kier alpha value is -3.16. The second kappa shape index (κ2) is 7.22. The average Bonchev–Trinajstić information content (AvgIpc) is 2.98. The first-order valence-corrected chi connectivity index (χ1v) is 8.05. The SMILES string of the molecule is O=C(OCc1ccc(C(F)(F)F)cc1)c1ccc(N2C(=O)CCC2=O)cc1. The van der Waals surface area contributed by atoms with E-state index in [2.05, 4.69) is 0 Å². The third-order valence-electron chi connectivity index (χ3n) is 4.06. The molecule has 2 aromatic rings. The van der Waals surface area contributed by atoms with Crippen LogP contribution in [0.5, 0.6) is 0 Å². The lowest BCUT2D eigenvalue weighted by Crippen LogP contribution is -2.28. The maximum Gasteiger partial charge on any atom is 0.416 e. The van der Waals surface area contributed by atoms with Crippen LogP contribution < -0.4 is 4.90 Å². The molecule has 0 spiro atoms. The van der Waals surface area contributed by atoms with Gasteiger partial charge in [-0.2, -0.15) is 13.2 Å². The van der Waals surface area contributed by atoms with Gasteiger partial charge in [-0.15, -0.1) is 0 Å². The predicted molar refractivity (Wildman–Crippen MR) is 88.7 cm³/mol. The molecule has 2 amide bonds. The molecule has 1 heterocycles. The highest BCUT2D eigenvalue weighted by Crippen LogP contribution is 2.29. The maximum atomic E-state index is 12.5. The van der Waals surface area contributed by atoms with Crippen LogP contribution in [0.4, 0.5) is 18.9 Å². The number of halogens is 3. The van der Waals surface area contributed by atoms with Crippen LogP contribution >= 0.6 is 0 Å². The molecule has 0 bridgehead atoms. The summed E-state index contributed by atoms with van der Waals surface area (Å²) in [5.41, 5.74) is 0.215. The fraction of sp³-hybridized carbons (Fsp3) is 0.211. The number of amides is 2. The number of hydrogen-bond donors (Lipinski definition) is 0. The fourth-order valence-electron chi connectivity index (χ4n) is 2.63. The monoisotopic (exact) mass is 377 g/mol. The van der Waals surface area contributed by atoms with E-state index in [1.807, 2.05) is 0 Å². The smallest absolute Gasteiger partial charge is 0.416 e. The topological polar surface area (TPSA) is 63.7 Å². The molecule has 1 aliphatic rings. The second-order valence-corrected chi connectivity index (χ2v) is 5.94. The zero-order chi connectivity index (χ0) is 19.6. The lowest BCUT2D eigenvalue weighted by molar-refractivity contribution is -0.137. The van der Waals surface area contributed by atoms with Gasteiger partial charge >= 0.3 is 12.1 Å². The summed E-state index contributed by atoms with van der Waals surface area (Å²) >= 11 is 0. The molecule has 1 aliphatic heterocycles. The Morgan fingerprint density at radius 1 is 0.926 bits per heavy atom. The molecule has 0 N–H and O–H groups in total. The van der Waals surface area contributed by atoms with E-state index in [1.54, 1.807) is 0 Å². The first-order valence-electron chi connectivity index (χ1n) is 8.05. The van der Waals surface area contributed by atoms with Gasteiger partial charge < -0.3 is 4.74 Å². The third-order valence-corrected chi connectivity index (χ3v) is 4.06. The summed E-state index contributed by atoms with van der Waals surface area (Å²) in [4.78, 5) is 36.5. The molecule has 1 saturated heterocycles. The molecule has 8 heteroatoms. The summed E-state index contributed by atoms with van der Waals surface area (Å²) in [5.74, 6) is -1.25. The molecule has 0 aromatic heterocycles. The summed E-state index contributed by atoms with van der Waals surface area (Å²) < 4.78 is 42.6. The molecule has 5 nitrogen and oxygen atoms in total. The first kappa shape index (κ1) is 18.6. The molecule has 2 aromatic carbocycles. The third kappa shape index (κ3) is 4.16. The highest BCUT2D eigenvalue weighted by molar-refractivity contribution is 6.19. The van der Waals surface area contributed by atoms with Gasteiger partial charge in [0.2, 0.25) is 11.8 Å². The van der Waals surface area contributed by atoms with E-state index in [1.165, 1.54) is 36.4 Å². The van der Waals surface area contributed by atoms with Crippen LogP contribution in [0.25, 0.3) is 0 Å². The number of rotatable bonds is 4. The van der Waals surface area contributed by atoms with Gasteiger partial charge in [-0.25, -0.2) is 4.79 Å². The van der Waals surface area contributed by atoms with Crippen LogP contribution in [0.1, 0.15) is 34.3 Å². The second-order valence-electron chi connectivity index (χ2n) is 5.94. The summed E-state index contributed by atoms with van der Waals surface area (Å²) in [6, 6.07) is 10.1. The normalized spacial score (nSPS) is 14.6. The van der Waals surface area contributed by atoms with Crippen LogP contribution in [0.15, 0.2) is 48.5 Å². The lowest BCUT2D eigenvalue weighted by atomic mass is 10.1. The van der Waals surface area contributed by atoms with Crippen molar-refractivity contribution < 1.29 is 32.3 Å². The van der Waals surface area contributed by atoms with E-state index in [0.29, 0.717) is 11.3 Å². The number of carbonyl (C=O) groups is 3. The molecular formula is C19H14F3NO4. The number of ether oxygens (including phenoxy) is 1. The first-order chi connectivity index (χ1) is 12.8. The van der Waals surface area contributed by atoms with Gasteiger partial charge in [0.15, 0.2) is 0 Å². The molecular weight excluding hydrogens is 363 g/mol. The van der Waals surface area contributed by atoms with Gasteiger partial charge in [0, 0.05) is 12.8 Å². The molecule has 140 valence electrons. The maximum absolute atomic E-state index is 12.5. The minimum atomic E-state index is -4.42. The molecule has 0 aliphatic carbocycles. The molecule has 1 fully saturated rings. The zero-order valence-corrected chi connectivity index (χ0v) is 14.0. The Morgan fingerprint density at radius 2 is 1.48 bits per heavy atom. The Balaban J connectivity index is 1.61. The van der Waals surface area contributed by atoms with Gasteiger partial charge in [0.05, 0.1) is 16.8 Å². The highest BCUT2D eigenvalue weighted by atomic mass is 19.4. The minimum absolute atomic E-state index is 0.162. The Bertz CT molecular complexity index is 857. The molecule has 0 unspecified atom stereocenters. The Kier molecular flexibility index (Phi) is 4.98. The van der Waals surface area contributed by atoms with E-state index in [-0.39, 0.29) is 36.8 Å². The number of nitrogens with zero attached hydrogens (tertiary/aromatic N) is 1. The average molecular weight is 377 g/mol. The fourth-order valence-corrected chi connectivity index (χ4v) is 2.63. The minimum Gasteiger partial charge on any atom is -0.457 e. The van der Waals surface area contributed by atoms with Crippen LogP contribution in [-0.4, -0.2) is 17.8 Å². The number of anilines is 1. The van der Waals surface area contributed by atoms with Gasteiger partial charge in [0.25, 0.3) is 0 Å². The van der Waals surface area contributed by atoms with Crippen molar-refractivity contribution in [3.05, 3.63) is 65.2 Å². The number of esters is 1. The van der Waals surface area contributed by atoms with Crippen LogP contribution in [0.2, 0.25) is 0 Å². The number of alkyl halides is 3. The van der Waals surface area contributed by atoms with E-state index < -0.39 is 17.7 Å². The standard InChI is InChI=1S/C19H14F3NO4/c20-19(21,22)14-5-1-12(2-6-14)11-27-18(26)13-3-7-15(8-4-13)23-16(24)9-10-17(23)25/h1-8H,9-11H2. The predicted octanol–water partition coefficient (Wildman–Crippen LogP) is 3.72.